The molecule has 0 aliphatic carbocycles. The van der Waals surface area contributed by atoms with E-state index in [2.05, 4.69) is 22.2 Å². The molecule has 1 aliphatic heterocycles. The average molecular weight is 385 g/mol. The molecule has 0 bridgehead atoms. The number of nitrogens with two attached hydrogens (primary N) is 1. The monoisotopic (exact) mass is 385 g/mol. The Kier molecular flexibility index (Phi) is 6.14. The topological polar surface area (TPSA) is 76.2 Å². The molecule has 0 spiro atoms. The molecule has 1 aliphatic rings. The van der Waals surface area contributed by atoms with E-state index in [9.17, 15) is 9.18 Å². The van der Waals surface area contributed by atoms with Crippen molar-refractivity contribution >= 4 is 23.4 Å². The Bertz CT molecular complexity index is 881. The maximum Gasteiger partial charge on any atom is 0.191 e. The number of piperidine rings is 1. The van der Waals surface area contributed by atoms with Crippen molar-refractivity contribution in [3.8, 4) is 0 Å². The van der Waals surface area contributed by atoms with Crippen LogP contribution in [-0.2, 0) is 7.05 Å². The second-order valence-electron chi connectivity index (χ2n) is 7.18. The molecule has 7 heteroatoms. The number of aromatic nitrogens is 2. The van der Waals surface area contributed by atoms with E-state index in [1.54, 1.807) is 20.2 Å². The van der Waals surface area contributed by atoms with Gasteiger partial charge in [-0.3, -0.25) is 9.48 Å². The number of benzene rings is 1. The van der Waals surface area contributed by atoms with Crippen molar-refractivity contribution in [2.45, 2.75) is 25.7 Å². The fourth-order valence-corrected chi connectivity index (χ4v) is 3.73. The van der Waals surface area contributed by atoms with Crippen LogP contribution < -0.4 is 11.1 Å². The van der Waals surface area contributed by atoms with Crippen LogP contribution in [0.1, 0.15) is 47.2 Å². The number of carbonyl (C=O) groups is 1. The Morgan fingerprint density at radius 3 is 2.68 bits per heavy atom. The highest BCUT2D eigenvalue weighted by Gasteiger charge is 2.23. The zero-order valence-corrected chi connectivity index (χ0v) is 16.7. The summed E-state index contributed by atoms with van der Waals surface area (Å²) in [4.78, 5) is 14.8. The number of carbonyl (C=O) groups excluding carboxylic acids is 1. The molecular formula is C21H28FN5O. The van der Waals surface area contributed by atoms with Gasteiger partial charge in [0.05, 0.1) is 11.8 Å². The number of nitrogens with one attached hydrogen (secondary N) is 1. The molecule has 2 heterocycles. The third-order valence-electron chi connectivity index (χ3n) is 5.58. The number of allylic oxidation sites excluding steroid dienone is 1. The largest absolute Gasteiger partial charge is 0.388 e. The lowest BCUT2D eigenvalue weighted by Crippen LogP contribution is -2.32. The third-order valence-corrected chi connectivity index (χ3v) is 5.58. The molecule has 0 saturated carbocycles. The van der Waals surface area contributed by atoms with Crippen molar-refractivity contribution < 1.29 is 9.18 Å². The summed E-state index contributed by atoms with van der Waals surface area (Å²) in [6, 6.07) is 3.38. The minimum absolute atomic E-state index is 0.195. The SMILES string of the molecule is CCN1CCC(c2cc(/C=C/C(=O)c3cnn(C)c3N)c(NC)cc2F)CC1. The summed E-state index contributed by atoms with van der Waals surface area (Å²) >= 11 is 0. The molecule has 1 aromatic heterocycles. The van der Waals surface area contributed by atoms with Crippen LogP contribution >= 0.6 is 0 Å². The molecule has 150 valence electrons. The molecule has 0 unspecified atom stereocenters. The number of hydrogen-bond donors (Lipinski definition) is 2. The van der Waals surface area contributed by atoms with Gasteiger partial charge >= 0.3 is 0 Å². The molecule has 28 heavy (non-hydrogen) atoms. The van der Waals surface area contributed by atoms with Crippen LogP contribution in [0.4, 0.5) is 15.9 Å². The zero-order valence-electron chi connectivity index (χ0n) is 16.7. The number of rotatable bonds is 6. The number of nitrogens with zero attached hydrogens (tertiary/aromatic N) is 3. The Morgan fingerprint density at radius 1 is 1.39 bits per heavy atom. The average Bonchev–Trinajstić information content (AvgIpc) is 3.05. The molecule has 2 aromatic rings. The highest BCUT2D eigenvalue weighted by atomic mass is 19.1. The minimum Gasteiger partial charge on any atom is -0.388 e. The normalized spacial score (nSPS) is 16.0. The molecule has 1 aromatic carbocycles. The van der Waals surface area contributed by atoms with E-state index < -0.39 is 0 Å². The van der Waals surface area contributed by atoms with E-state index in [4.69, 9.17) is 5.73 Å². The second-order valence-corrected chi connectivity index (χ2v) is 7.18. The first-order valence-corrected chi connectivity index (χ1v) is 9.68. The van der Waals surface area contributed by atoms with Crippen LogP contribution in [0.25, 0.3) is 6.08 Å². The van der Waals surface area contributed by atoms with Crippen LogP contribution in [0.15, 0.2) is 24.4 Å². The molecule has 1 saturated heterocycles. The van der Waals surface area contributed by atoms with Gasteiger partial charge in [-0.2, -0.15) is 5.10 Å². The predicted octanol–water partition coefficient (Wildman–Crippen LogP) is 3.28. The number of aryl methyl sites for hydroxylation is 1. The van der Waals surface area contributed by atoms with Crippen molar-refractivity contribution in [2.75, 3.05) is 37.7 Å². The van der Waals surface area contributed by atoms with Crippen molar-refractivity contribution in [1.82, 2.24) is 14.7 Å². The molecule has 0 atom stereocenters. The Morgan fingerprint density at radius 2 is 2.11 bits per heavy atom. The molecule has 0 radical (unpaired) electrons. The van der Waals surface area contributed by atoms with Gasteiger partial charge in [0.2, 0.25) is 0 Å². The Labute approximate surface area is 165 Å². The lowest BCUT2D eigenvalue weighted by Gasteiger charge is -2.31. The summed E-state index contributed by atoms with van der Waals surface area (Å²) in [5.74, 6) is 0.102. The Hall–Kier alpha value is -2.67. The van der Waals surface area contributed by atoms with E-state index in [1.165, 1.54) is 23.0 Å². The first-order valence-electron chi connectivity index (χ1n) is 9.68. The second kappa shape index (κ2) is 8.56. The molecule has 3 N–H and O–H groups in total. The van der Waals surface area contributed by atoms with Gasteiger partial charge in [0.25, 0.3) is 0 Å². The predicted molar refractivity (Wildman–Crippen MR) is 111 cm³/mol. The lowest BCUT2D eigenvalue weighted by molar-refractivity contribution is 0.104. The van der Waals surface area contributed by atoms with E-state index in [0.29, 0.717) is 17.1 Å². The van der Waals surface area contributed by atoms with Crippen LogP contribution in [0, 0.1) is 5.82 Å². The standard InChI is InChI=1S/C21H28FN5O/c1-4-27-9-7-14(8-10-27)16-11-15(19(24-2)12-18(16)22)5-6-20(28)17-13-25-26(3)21(17)23/h5-6,11-14,24H,4,7-10,23H2,1-3H3/b6-5+. The highest BCUT2D eigenvalue weighted by molar-refractivity contribution is 6.09. The highest BCUT2D eigenvalue weighted by Crippen LogP contribution is 2.33. The van der Waals surface area contributed by atoms with E-state index >= 15 is 0 Å². The van der Waals surface area contributed by atoms with Gasteiger partial charge in [-0.1, -0.05) is 6.92 Å². The fourth-order valence-electron chi connectivity index (χ4n) is 3.73. The van der Waals surface area contributed by atoms with E-state index in [0.717, 1.165) is 43.6 Å². The lowest BCUT2D eigenvalue weighted by atomic mass is 9.87. The van der Waals surface area contributed by atoms with Crippen molar-refractivity contribution in [3.63, 3.8) is 0 Å². The first kappa shape index (κ1) is 20.1. The van der Waals surface area contributed by atoms with Crippen molar-refractivity contribution in [3.05, 3.63) is 46.9 Å². The molecule has 6 nitrogen and oxygen atoms in total. The number of ketones is 1. The van der Waals surface area contributed by atoms with Gasteiger partial charge in [0, 0.05) is 19.8 Å². The number of halogens is 1. The third kappa shape index (κ3) is 4.09. The summed E-state index contributed by atoms with van der Waals surface area (Å²) in [6.45, 7) is 5.15. The van der Waals surface area contributed by atoms with Gasteiger partial charge < -0.3 is 16.0 Å². The summed E-state index contributed by atoms with van der Waals surface area (Å²) in [7, 11) is 3.43. The summed E-state index contributed by atoms with van der Waals surface area (Å²) in [5, 5.41) is 7.01. The van der Waals surface area contributed by atoms with Gasteiger partial charge in [0.15, 0.2) is 5.78 Å². The summed E-state index contributed by atoms with van der Waals surface area (Å²) < 4.78 is 16.2. The number of likely N-dealkylation sites (tertiary alicyclic amines) is 1. The van der Waals surface area contributed by atoms with Gasteiger partial charge in [-0.15, -0.1) is 0 Å². The zero-order chi connectivity index (χ0) is 20.3. The fraction of sp³-hybridized carbons (Fsp3) is 0.429. The number of anilines is 2. The number of hydrogen-bond acceptors (Lipinski definition) is 5. The smallest absolute Gasteiger partial charge is 0.191 e. The van der Waals surface area contributed by atoms with Gasteiger partial charge in [-0.25, -0.2) is 4.39 Å². The summed E-state index contributed by atoms with van der Waals surface area (Å²) in [6.07, 6.45) is 6.52. The molecule has 0 amide bonds. The Balaban J connectivity index is 1.85. The van der Waals surface area contributed by atoms with Gasteiger partial charge in [0.1, 0.15) is 11.6 Å². The maximum absolute atomic E-state index is 14.7. The van der Waals surface area contributed by atoms with Crippen LogP contribution in [0.3, 0.4) is 0 Å². The number of nitrogen functional groups attached to an aromatic ring is 1. The van der Waals surface area contributed by atoms with Crippen LogP contribution in [0.2, 0.25) is 0 Å². The summed E-state index contributed by atoms with van der Waals surface area (Å²) in [5.41, 5.74) is 8.39. The molecule has 1 fully saturated rings. The maximum atomic E-state index is 14.7. The van der Waals surface area contributed by atoms with Crippen molar-refractivity contribution in [1.29, 1.82) is 0 Å². The minimum atomic E-state index is -0.227. The molecule has 3 rings (SSSR count). The quantitative estimate of drug-likeness (QED) is 0.590. The molecular weight excluding hydrogens is 357 g/mol. The van der Waals surface area contributed by atoms with Gasteiger partial charge in [-0.05, 0) is 73.8 Å². The van der Waals surface area contributed by atoms with E-state index in [-0.39, 0.29) is 17.5 Å². The van der Waals surface area contributed by atoms with E-state index in [1.807, 2.05) is 6.07 Å². The van der Waals surface area contributed by atoms with Crippen LogP contribution in [-0.4, -0.2) is 47.1 Å². The van der Waals surface area contributed by atoms with Crippen molar-refractivity contribution in [2.24, 2.45) is 7.05 Å². The first-order chi connectivity index (χ1) is 13.4. The van der Waals surface area contributed by atoms with Crippen LogP contribution in [0.5, 0.6) is 0 Å².